The predicted octanol–water partition coefficient (Wildman–Crippen LogP) is 6.50. The van der Waals surface area contributed by atoms with Gasteiger partial charge >= 0.3 is 0 Å². The van der Waals surface area contributed by atoms with Gasteiger partial charge in [-0.1, -0.05) is 35.0 Å². The Bertz CT molecular complexity index is 1380. The van der Waals surface area contributed by atoms with Gasteiger partial charge in [0.25, 0.3) is 11.8 Å². The van der Waals surface area contributed by atoms with E-state index in [1.807, 2.05) is 23.1 Å². The first-order chi connectivity index (χ1) is 17.9. The van der Waals surface area contributed by atoms with Crippen molar-refractivity contribution < 1.29 is 18.8 Å². The van der Waals surface area contributed by atoms with Gasteiger partial charge in [-0.25, -0.2) is 4.39 Å². The van der Waals surface area contributed by atoms with E-state index >= 15 is 0 Å². The highest BCUT2D eigenvalue weighted by molar-refractivity contribution is 6.34. The van der Waals surface area contributed by atoms with Crippen LogP contribution in [0, 0.1) is 11.2 Å². The Kier molecular flexibility index (Phi) is 6.98. The summed E-state index contributed by atoms with van der Waals surface area (Å²) in [6, 6.07) is 18.3. The maximum absolute atomic E-state index is 13.7. The van der Waals surface area contributed by atoms with Crippen molar-refractivity contribution in [3.05, 3.63) is 94.3 Å². The van der Waals surface area contributed by atoms with Gasteiger partial charge in [-0.15, -0.1) is 0 Å². The molecule has 1 atom stereocenters. The summed E-state index contributed by atoms with van der Waals surface area (Å²) in [6.45, 7) is 0.565. The molecule has 1 aliphatic carbocycles. The first kappa shape index (κ1) is 25.0. The number of fused-ring (bicyclic) bond motifs is 1. The number of anilines is 2. The Balaban J connectivity index is 1.37. The lowest BCUT2D eigenvalue weighted by molar-refractivity contribution is 0.0984. The van der Waals surface area contributed by atoms with E-state index in [4.69, 9.17) is 16.4 Å². The quantitative estimate of drug-likeness (QED) is 0.400. The molecule has 1 spiro atoms. The van der Waals surface area contributed by atoms with E-state index in [1.165, 1.54) is 12.1 Å². The molecule has 6 nitrogen and oxygen atoms in total. The van der Waals surface area contributed by atoms with Gasteiger partial charge in [0, 0.05) is 28.9 Å². The van der Waals surface area contributed by atoms with Crippen molar-refractivity contribution in [3.8, 4) is 0 Å². The third-order valence-corrected chi connectivity index (χ3v) is 7.65. The summed E-state index contributed by atoms with van der Waals surface area (Å²) in [5.74, 6) is -1.19. The molecule has 3 aromatic rings. The number of oxime groups is 1. The van der Waals surface area contributed by atoms with Crippen molar-refractivity contribution in [1.82, 2.24) is 0 Å². The van der Waals surface area contributed by atoms with E-state index < -0.39 is 11.7 Å². The molecule has 8 heteroatoms. The van der Waals surface area contributed by atoms with Crippen molar-refractivity contribution in [1.29, 1.82) is 0 Å². The Labute approximate surface area is 220 Å². The van der Waals surface area contributed by atoms with Gasteiger partial charge in [0.1, 0.15) is 12.9 Å². The Hall–Kier alpha value is -3.71. The summed E-state index contributed by atoms with van der Waals surface area (Å²) in [5, 5.41) is 7.22. The lowest BCUT2D eigenvalue weighted by atomic mass is 9.76. The van der Waals surface area contributed by atoms with Crippen LogP contribution in [0.5, 0.6) is 0 Å². The molecule has 0 radical (unpaired) electrons. The van der Waals surface area contributed by atoms with E-state index in [-0.39, 0.29) is 21.9 Å². The summed E-state index contributed by atoms with van der Waals surface area (Å²) in [6.07, 6.45) is 4.63. The Morgan fingerprint density at radius 3 is 2.65 bits per heavy atom. The number of nitrogens with one attached hydrogen (secondary N) is 1. The molecular formula is C29H27ClFN3O3. The normalized spacial score (nSPS) is 20.0. The van der Waals surface area contributed by atoms with Gasteiger partial charge in [0.15, 0.2) is 0 Å². The standard InChI is InChI=1S/C29H27ClFN3O3/c1-37-33-26-7-4-14-29(26)15-16-34(25-6-3-2-5-20(25)18-29)28(36)19-8-11-22(12-9-19)32-27(35)23-17-21(31)10-13-24(23)30/h2-3,5-6,8-13,17H,4,7,14-16,18H2,1H3,(H,32,35). The first-order valence-electron chi connectivity index (χ1n) is 12.3. The minimum absolute atomic E-state index is 0.0419. The molecule has 2 amide bonds. The lowest BCUT2D eigenvalue weighted by Gasteiger charge is -2.28. The molecular weight excluding hydrogens is 493 g/mol. The van der Waals surface area contributed by atoms with Crippen LogP contribution in [0.1, 0.15) is 52.0 Å². The number of para-hydroxylation sites is 1. The number of halogens is 2. The second kappa shape index (κ2) is 10.3. The summed E-state index contributed by atoms with van der Waals surface area (Å²) < 4.78 is 13.6. The SMILES string of the molecule is CON=C1CCCC12CCN(C(=O)c1ccc(NC(=O)c3cc(F)ccc3Cl)cc1)c1ccccc1C2. The number of nitrogens with zero attached hydrogens (tertiary/aromatic N) is 2. The van der Waals surface area contributed by atoms with Crippen molar-refractivity contribution in [2.75, 3.05) is 23.9 Å². The second-order valence-corrected chi connectivity index (χ2v) is 9.93. The van der Waals surface area contributed by atoms with Gasteiger partial charge < -0.3 is 15.1 Å². The number of hydrogen-bond acceptors (Lipinski definition) is 4. The lowest BCUT2D eigenvalue weighted by Crippen LogP contribution is -2.35. The average molecular weight is 520 g/mol. The number of carbonyl (C=O) groups is 2. The summed E-state index contributed by atoms with van der Waals surface area (Å²) in [5.41, 5.74) is 4.03. The van der Waals surface area contributed by atoms with Gasteiger partial charge in [0.05, 0.1) is 16.3 Å². The van der Waals surface area contributed by atoms with Crippen LogP contribution in [0.3, 0.4) is 0 Å². The van der Waals surface area contributed by atoms with Crippen molar-refractivity contribution in [2.45, 2.75) is 32.1 Å². The number of benzene rings is 3. The number of carbonyl (C=O) groups excluding carboxylic acids is 2. The highest BCUT2D eigenvalue weighted by atomic mass is 35.5. The summed E-state index contributed by atoms with van der Waals surface area (Å²) in [4.78, 5) is 33.3. The van der Waals surface area contributed by atoms with Crippen molar-refractivity contribution >= 4 is 40.5 Å². The first-order valence-corrected chi connectivity index (χ1v) is 12.6. The van der Waals surface area contributed by atoms with Crippen LogP contribution in [-0.2, 0) is 11.3 Å². The molecule has 0 saturated heterocycles. The zero-order chi connectivity index (χ0) is 26.0. The van der Waals surface area contributed by atoms with Crippen LogP contribution in [-0.4, -0.2) is 31.2 Å². The maximum Gasteiger partial charge on any atom is 0.258 e. The molecule has 190 valence electrons. The molecule has 0 bridgehead atoms. The van der Waals surface area contributed by atoms with Crippen molar-refractivity contribution in [2.24, 2.45) is 10.6 Å². The Morgan fingerprint density at radius 2 is 1.86 bits per heavy atom. The third-order valence-electron chi connectivity index (χ3n) is 7.32. The molecule has 5 rings (SSSR count). The van der Waals surface area contributed by atoms with Gasteiger partial charge in [0.2, 0.25) is 0 Å². The fourth-order valence-corrected chi connectivity index (χ4v) is 5.68. The molecule has 1 unspecified atom stereocenters. The van der Waals surface area contributed by atoms with Crippen LogP contribution in [0.4, 0.5) is 15.8 Å². The van der Waals surface area contributed by atoms with E-state index in [1.54, 1.807) is 31.4 Å². The maximum atomic E-state index is 13.7. The van der Waals surface area contributed by atoms with Gasteiger partial charge in [-0.3, -0.25) is 9.59 Å². The van der Waals surface area contributed by atoms with Crippen LogP contribution >= 0.6 is 11.6 Å². The van der Waals surface area contributed by atoms with Crippen LogP contribution in [0.2, 0.25) is 5.02 Å². The second-order valence-electron chi connectivity index (χ2n) is 9.52. The van der Waals surface area contributed by atoms with E-state index in [0.717, 1.165) is 55.1 Å². The molecule has 1 N–H and O–H groups in total. The highest BCUT2D eigenvalue weighted by Gasteiger charge is 2.43. The van der Waals surface area contributed by atoms with Crippen LogP contribution < -0.4 is 10.2 Å². The molecule has 1 saturated carbocycles. The zero-order valence-corrected chi connectivity index (χ0v) is 21.2. The molecule has 2 aliphatic rings. The smallest absolute Gasteiger partial charge is 0.258 e. The average Bonchev–Trinajstić information content (AvgIpc) is 3.19. The molecule has 1 heterocycles. The summed E-state index contributed by atoms with van der Waals surface area (Å²) >= 11 is 6.04. The molecule has 0 aromatic heterocycles. The molecule has 3 aromatic carbocycles. The number of amides is 2. The topological polar surface area (TPSA) is 71.0 Å². The molecule has 1 fully saturated rings. The minimum atomic E-state index is -0.548. The van der Waals surface area contributed by atoms with Gasteiger partial charge in [-0.05, 0) is 86.2 Å². The fraction of sp³-hybridized carbons (Fsp3) is 0.276. The fourth-order valence-electron chi connectivity index (χ4n) is 5.47. The Morgan fingerprint density at radius 1 is 1.08 bits per heavy atom. The number of rotatable bonds is 4. The zero-order valence-electron chi connectivity index (χ0n) is 20.5. The van der Waals surface area contributed by atoms with E-state index in [2.05, 4.69) is 16.5 Å². The monoisotopic (exact) mass is 519 g/mol. The van der Waals surface area contributed by atoms with Gasteiger partial charge in [-0.2, -0.15) is 0 Å². The van der Waals surface area contributed by atoms with E-state index in [9.17, 15) is 14.0 Å². The third kappa shape index (κ3) is 4.96. The van der Waals surface area contributed by atoms with Crippen LogP contribution in [0.25, 0.3) is 0 Å². The molecule has 37 heavy (non-hydrogen) atoms. The van der Waals surface area contributed by atoms with Crippen LogP contribution in [0.15, 0.2) is 71.9 Å². The predicted molar refractivity (Wildman–Crippen MR) is 143 cm³/mol. The summed E-state index contributed by atoms with van der Waals surface area (Å²) in [7, 11) is 1.58. The highest BCUT2D eigenvalue weighted by Crippen LogP contribution is 2.46. The largest absolute Gasteiger partial charge is 0.399 e. The van der Waals surface area contributed by atoms with Crippen molar-refractivity contribution in [3.63, 3.8) is 0 Å². The minimum Gasteiger partial charge on any atom is -0.399 e. The molecule has 1 aliphatic heterocycles. The van der Waals surface area contributed by atoms with E-state index in [0.29, 0.717) is 17.8 Å². The number of hydrogen-bond donors (Lipinski definition) is 1.